The molecule has 0 saturated carbocycles. The van der Waals surface area contributed by atoms with Crippen LogP contribution in [0, 0.1) is 0 Å². The molecular weight excluding hydrogens is 475 g/mol. The van der Waals surface area contributed by atoms with Crippen molar-refractivity contribution < 1.29 is 9.31 Å². The van der Waals surface area contributed by atoms with Crippen molar-refractivity contribution in [3.8, 4) is 22.3 Å². The molecule has 0 N–H and O–H groups in total. The van der Waals surface area contributed by atoms with E-state index in [-0.39, 0.29) is 0 Å². The highest BCUT2D eigenvalue weighted by Gasteiger charge is 2.51. The average molecular weight is 506 g/mol. The molecule has 0 aromatic heterocycles. The zero-order chi connectivity index (χ0) is 26.8. The first-order valence-corrected chi connectivity index (χ1v) is 13.7. The van der Waals surface area contributed by atoms with Gasteiger partial charge in [0.05, 0.1) is 11.2 Å². The first-order valence-electron chi connectivity index (χ1n) is 13.7. The summed E-state index contributed by atoms with van der Waals surface area (Å²) >= 11 is 0. The quantitative estimate of drug-likeness (QED) is 0.176. The van der Waals surface area contributed by atoms with Crippen molar-refractivity contribution in [2.24, 2.45) is 0 Å². The summed E-state index contributed by atoms with van der Waals surface area (Å²) in [6, 6.07) is 41.6. The first kappa shape index (κ1) is 24.1. The molecule has 0 atom stereocenters. The van der Waals surface area contributed by atoms with Gasteiger partial charge in [0.25, 0.3) is 0 Å². The molecular formula is C36H31BO2. The highest BCUT2D eigenvalue weighted by Crippen LogP contribution is 2.39. The van der Waals surface area contributed by atoms with E-state index < -0.39 is 18.3 Å². The Bertz CT molecular complexity index is 1820. The summed E-state index contributed by atoms with van der Waals surface area (Å²) in [4.78, 5) is 0. The topological polar surface area (TPSA) is 18.5 Å². The molecule has 190 valence electrons. The second-order valence-electron chi connectivity index (χ2n) is 11.6. The number of benzene rings is 6. The second kappa shape index (κ2) is 8.81. The van der Waals surface area contributed by atoms with Gasteiger partial charge in [0, 0.05) is 0 Å². The maximum atomic E-state index is 6.49. The van der Waals surface area contributed by atoms with Gasteiger partial charge in [-0.2, -0.15) is 0 Å². The summed E-state index contributed by atoms with van der Waals surface area (Å²) in [5.74, 6) is 0. The van der Waals surface area contributed by atoms with Gasteiger partial charge in [-0.1, -0.05) is 103 Å². The molecule has 6 aromatic rings. The summed E-state index contributed by atoms with van der Waals surface area (Å²) in [6.45, 7) is 8.42. The molecule has 0 spiro atoms. The summed E-state index contributed by atoms with van der Waals surface area (Å²) in [6.07, 6.45) is 0. The Hall–Kier alpha value is -3.92. The number of hydrogen-bond donors (Lipinski definition) is 0. The lowest BCUT2D eigenvalue weighted by molar-refractivity contribution is 0.00578. The molecule has 1 fully saturated rings. The Morgan fingerprint density at radius 1 is 0.410 bits per heavy atom. The molecule has 7 rings (SSSR count). The smallest absolute Gasteiger partial charge is 0.399 e. The van der Waals surface area contributed by atoms with Crippen LogP contribution in [0.5, 0.6) is 0 Å². The van der Waals surface area contributed by atoms with Crippen LogP contribution in [0.3, 0.4) is 0 Å². The van der Waals surface area contributed by atoms with Gasteiger partial charge in [-0.05, 0) is 99.9 Å². The number of rotatable bonds is 3. The van der Waals surface area contributed by atoms with Crippen LogP contribution in [-0.4, -0.2) is 18.3 Å². The predicted octanol–water partition coefficient (Wildman–Crippen LogP) is 8.78. The first-order chi connectivity index (χ1) is 18.8. The maximum absolute atomic E-state index is 6.49. The van der Waals surface area contributed by atoms with Gasteiger partial charge in [0.1, 0.15) is 0 Å². The van der Waals surface area contributed by atoms with Crippen LogP contribution < -0.4 is 5.46 Å². The Kier molecular flexibility index (Phi) is 5.45. The van der Waals surface area contributed by atoms with Crippen molar-refractivity contribution in [1.82, 2.24) is 0 Å². The number of hydrogen-bond acceptors (Lipinski definition) is 2. The minimum absolute atomic E-state index is 0.399. The third kappa shape index (κ3) is 3.96. The minimum Gasteiger partial charge on any atom is -0.399 e. The van der Waals surface area contributed by atoms with Crippen molar-refractivity contribution >= 4 is 44.9 Å². The number of fused-ring (bicyclic) bond motifs is 6. The fraction of sp³-hybridized carbons (Fsp3) is 0.167. The predicted molar refractivity (Wildman–Crippen MR) is 166 cm³/mol. The molecule has 2 nitrogen and oxygen atoms in total. The van der Waals surface area contributed by atoms with Crippen LogP contribution in [0.2, 0.25) is 0 Å². The van der Waals surface area contributed by atoms with E-state index in [1.807, 2.05) is 0 Å². The lowest BCUT2D eigenvalue weighted by Gasteiger charge is -2.32. The largest absolute Gasteiger partial charge is 0.494 e. The Labute approximate surface area is 230 Å². The van der Waals surface area contributed by atoms with Gasteiger partial charge in [-0.15, -0.1) is 0 Å². The lowest BCUT2D eigenvalue weighted by atomic mass is 9.76. The normalized spacial score (nSPS) is 16.4. The molecule has 0 bridgehead atoms. The molecule has 1 aliphatic heterocycles. The Balaban J connectivity index is 1.45. The van der Waals surface area contributed by atoms with Gasteiger partial charge in [-0.25, -0.2) is 0 Å². The SMILES string of the molecule is CC1(C)OB(c2cc(-c3ccccc3)cc(-c3ccc4c5ccccc5c5ccccc5c4c3)c2)OC1(C)C. The van der Waals surface area contributed by atoms with Crippen LogP contribution in [0.25, 0.3) is 54.6 Å². The summed E-state index contributed by atoms with van der Waals surface area (Å²) in [5.41, 5.74) is 4.90. The zero-order valence-corrected chi connectivity index (χ0v) is 22.9. The van der Waals surface area contributed by atoms with Crippen LogP contribution in [0.4, 0.5) is 0 Å². The lowest BCUT2D eigenvalue weighted by Crippen LogP contribution is -2.41. The van der Waals surface area contributed by atoms with E-state index in [1.165, 1.54) is 43.4 Å². The van der Waals surface area contributed by atoms with E-state index in [2.05, 4.69) is 143 Å². The van der Waals surface area contributed by atoms with Crippen LogP contribution in [-0.2, 0) is 9.31 Å². The van der Waals surface area contributed by atoms with Gasteiger partial charge in [0.2, 0.25) is 0 Å². The van der Waals surface area contributed by atoms with E-state index in [4.69, 9.17) is 9.31 Å². The Morgan fingerprint density at radius 2 is 0.872 bits per heavy atom. The van der Waals surface area contributed by atoms with Crippen molar-refractivity contribution in [3.63, 3.8) is 0 Å². The van der Waals surface area contributed by atoms with Crippen LogP contribution in [0.15, 0.2) is 115 Å². The van der Waals surface area contributed by atoms with Crippen molar-refractivity contribution in [3.05, 3.63) is 115 Å². The van der Waals surface area contributed by atoms with Gasteiger partial charge < -0.3 is 9.31 Å². The molecule has 1 heterocycles. The van der Waals surface area contributed by atoms with Crippen LogP contribution >= 0.6 is 0 Å². The van der Waals surface area contributed by atoms with Gasteiger partial charge in [-0.3, -0.25) is 0 Å². The molecule has 1 saturated heterocycles. The van der Waals surface area contributed by atoms with E-state index in [0.717, 1.165) is 16.6 Å². The van der Waals surface area contributed by atoms with E-state index in [1.54, 1.807) is 0 Å². The Morgan fingerprint density at radius 3 is 1.44 bits per heavy atom. The van der Waals surface area contributed by atoms with Crippen molar-refractivity contribution in [2.75, 3.05) is 0 Å². The van der Waals surface area contributed by atoms with Crippen molar-refractivity contribution in [1.29, 1.82) is 0 Å². The molecule has 1 aliphatic rings. The molecule has 3 heteroatoms. The third-order valence-electron chi connectivity index (χ3n) is 8.67. The van der Waals surface area contributed by atoms with E-state index in [9.17, 15) is 0 Å². The fourth-order valence-corrected chi connectivity index (χ4v) is 5.82. The summed E-state index contributed by atoms with van der Waals surface area (Å²) in [7, 11) is -0.428. The van der Waals surface area contributed by atoms with Gasteiger partial charge >= 0.3 is 7.12 Å². The molecule has 0 aliphatic carbocycles. The maximum Gasteiger partial charge on any atom is 0.494 e. The van der Waals surface area contributed by atoms with E-state index >= 15 is 0 Å². The summed E-state index contributed by atoms with van der Waals surface area (Å²) in [5, 5.41) is 7.69. The molecule has 6 aromatic carbocycles. The average Bonchev–Trinajstić information content (AvgIpc) is 3.19. The monoisotopic (exact) mass is 506 g/mol. The molecule has 0 radical (unpaired) electrons. The van der Waals surface area contributed by atoms with Gasteiger partial charge in [0.15, 0.2) is 0 Å². The molecule has 0 amide bonds. The second-order valence-corrected chi connectivity index (χ2v) is 11.6. The molecule has 39 heavy (non-hydrogen) atoms. The minimum atomic E-state index is -0.428. The standard InChI is InChI=1S/C36H31BO2/c1-35(2)36(3,4)39-37(38-35)28-21-26(24-12-6-5-7-13-24)20-27(22-28)25-18-19-33-31-16-9-8-14-29(31)30-15-10-11-17-32(30)34(33)23-25/h5-23H,1-4H3. The zero-order valence-electron chi connectivity index (χ0n) is 22.9. The van der Waals surface area contributed by atoms with Crippen molar-refractivity contribution in [2.45, 2.75) is 38.9 Å². The van der Waals surface area contributed by atoms with E-state index in [0.29, 0.717) is 0 Å². The highest BCUT2D eigenvalue weighted by molar-refractivity contribution is 6.62. The molecule has 0 unspecified atom stereocenters. The third-order valence-corrected chi connectivity index (χ3v) is 8.67. The summed E-state index contributed by atoms with van der Waals surface area (Å²) < 4.78 is 13.0. The fourth-order valence-electron chi connectivity index (χ4n) is 5.82. The highest BCUT2D eigenvalue weighted by atomic mass is 16.7. The van der Waals surface area contributed by atoms with Crippen LogP contribution in [0.1, 0.15) is 27.7 Å².